The van der Waals surface area contributed by atoms with E-state index in [1.165, 1.54) is 18.5 Å². The molecule has 0 saturated carbocycles. The van der Waals surface area contributed by atoms with Gasteiger partial charge in [0.25, 0.3) is 5.91 Å². The first kappa shape index (κ1) is 17.8. The zero-order valence-electron chi connectivity index (χ0n) is 13.7. The summed E-state index contributed by atoms with van der Waals surface area (Å²) in [7, 11) is 0. The lowest BCUT2D eigenvalue weighted by Gasteiger charge is -2.08. The number of esters is 1. The summed E-state index contributed by atoms with van der Waals surface area (Å²) >= 11 is 3.26. The van der Waals surface area contributed by atoms with Crippen LogP contribution in [0.1, 0.15) is 27.6 Å². The summed E-state index contributed by atoms with van der Waals surface area (Å²) in [6, 6.07) is 6.46. The van der Waals surface area contributed by atoms with Crippen LogP contribution in [0.4, 0.5) is 5.69 Å². The minimum atomic E-state index is -0.690. The Morgan fingerprint density at radius 1 is 1.27 bits per heavy atom. The molecule has 0 radical (unpaired) electrons. The van der Waals surface area contributed by atoms with Crippen molar-refractivity contribution in [1.82, 2.24) is 9.97 Å². The fourth-order valence-corrected chi connectivity index (χ4v) is 2.76. The fraction of sp³-hybridized carbons (Fsp3) is 0.111. The molecule has 0 atom stereocenters. The van der Waals surface area contributed by atoms with Crippen molar-refractivity contribution in [3.05, 3.63) is 68.7 Å². The maximum atomic E-state index is 12.5. The van der Waals surface area contributed by atoms with Crippen LogP contribution < -0.4 is 10.7 Å². The molecule has 0 unspecified atom stereocenters. The van der Waals surface area contributed by atoms with Gasteiger partial charge < -0.3 is 15.0 Å². The van der Waals surface area contributed by atoms with Crippen molar-refractivity contribution >= 4 is 44.4 Å². The number of carbonyl (C=O) groups excluding carboxylic acids is 2. The van der Waals surface area contributed by atoms with E-state index in [2.05, 4.69) is 31.2 Å². The Hall–Kier alpha value is -3.00. The molecule has 7 nitrogen and oxygen atoms in total. The number of H-pyrrole nitrogens is 1. The number of ether oxygens (including phenoxy) is 1. The number of amides is 1. The molecule has 2 heterocycles. The topological polar surface area (TPSA) is 101 Å². The number of anilines is 1. The molecule has 8 heteroatoms. The highest BCUT2D eigenvalue weighted by molar-refractivity contribution is 9.10. The SMILES string of the molecule is CCOC(=O)c1c[nH]c2ccc(NC(=O)c3cncc(Br)c3)cc2c1=O. The molecule has 2 N–H and O–H groups in total. The summed E-state index contributed by atoms with van der Waals surface area (Å²) in [5.41, 5.74) is 0.796. The molecule has 0 spiro atoms. The third-order valence-corrected chi connectivity index (χ3v) is 4.03. The van der Waals surface area contributed by atoms with Crippen LogP contribution in [0.2, 0.25) is 0 Å². The maximum Gasteiger partial charge on any atom is 0.343 e. The van der Waals surface area contributed by atoms with Gasteiger partial charge in [0.1, 0.15) is 5.56 Å². The lowest BCUT2D eigenvalue weighted by molar-refractivity contribution is 0.0524. The second-order valence-corrected chi connectivity index (χ2v) is 6.27. The molecule has 0 saturated heterocycles. The molecular weight excluding hydrogens is 402 g/mol. The third kappa shape index (κ3) is 3.65. The van der Waals surface area contributed by atoms with Crippen LogP contribution in [-0.2, 0) is 4.74 Å². The van der Waals surface area contributed by atoms with Gasteiger partial charge in [-0.25, -0.2) is 4.79 Å². The number of rotatable bonds is 4. The van der Waals surface area contributed by atoms with E-state index in [9.17, 15) is 14.4 Å². The van der Waals surface area contributed by atoms with E-state index in [-0.39, 0.29) is 23.5 Å². The van der Waals surface area contributed by atoms with E-state index in [1.807, 2.05) is 0 Å². The Balaban J connectivity index is 1.95. The Labute approximate surface area is 156 Å². The standard InChI is InChI=1S/C18H14BrN3O4/c1-2-26-18(25)14-9-21-15-4-3-12(6-13(15)16(14)23)22-17(24)10-5-11(19)8-20-7-10/h3-9H,2H2,1H3,(H,21,23)(H,22,24). The number of nitrogens with zero attached hydrogens (tertiary/aromatic N) is 1. The summed E-state index contributed by atoms with van der Waals surface area (Å²) in [5, 5.41) is 2.99. The van der Waals surface area contributed by atoms with E-state index < -0.39 is 11.4 Å². The van der Waals surface area contributed by atoms with Gasteiger partial charge in [-0.2, -0.15) is 0 Å². The summed E-state index contributed by atoms with van der Waals surface area (Å²) in [4.78, 5) is 43.6. The van der Waals surface area contributed by atoms with Crippen molar-refractivity contribution in [2.45, 2.75) is 6.92 Å². The van der Waals surface area contributed by atoms with Crippen LogP contribution in [0.3, 0.4) is 0 Å². The first-order valence-corrected chi connectivity index (χ1v) is 8.53. The van der Waals surface area contributed by atoms with Crippen LogP contribution in [0, 0.1) is 0 Å². The number of pyridine rings is 2. The Morgan fingerprint density at radius 2 is 2.08 bits per heavy atom. The predicted molar refractivity (Wildman–Crippen MR) is 100 cm³/mol. The van der Waals surface area contributed by atoms with E-state index >= 15 is 0 Å². The lowest BCUT2D eigenvalue weighted by atomic mass is 10.1. The molecule has 0 aliphatic carbocycles. The molecule has 26 heavy (non-hydrogen) atoms. The van der Waals surface area contributed by atoms with Gasteiger partial charge in [0.2, 0.25) is 5.43 Å². The number of carbonyl (C=O) groups is 2. The first-order valence-electron chi connectivity index (χ1n) is 7.74. The van der Waals surface area contributed by atoms with Crippen molar-refractivity contribution < 1.29 is 14.3 Å². The zero-order valence-corrected chi connectivity index (χ0v) is 15.3. The number of aromatic amines is 1. The van der Waals surface area contributed by atoms with Gasteiger partial charge >= 0.3 is 5.97 Å². The van der Waals surface area contributed by atoms with Crippen LogP contribution in [-0.4, -0.2) is 28.5 Å². The van der Waals surface area contributed by atoms with E-state index in [0.29, 0.717) is 21.2 Å². The fourth-order valence-electron chi connectivity index (χ4n) is 2.40. The van der Waals surface area contributed by atoms with E-state index in [4.69, 9.17) is 4.74 Å². The number of halogens is 1. The van der Waals surface area contributed by atoms with Crippen molar-refractivity contribution in [1.29, 1.82) is 0 Å². The first-order chi connectivity index (χ1) is 12.5. The quantitative estimate of drug-likeness (QED) is 0.637. The van der Waals surface area contributed by atoms with Gasteiger partial charge in [-0.1, -0.05) is 0 Å². The van der Waals surface area contributed by atoms with E-state index in [0.717, 1.165) is 0 Å². The van der Waals surface area contributed by atoms with Gasteiger partial charge in [-0.05, 0) is 47.1 Å². The highest BCUT2D eigenvalue weighted by Gasteiger charge is 2.15. The Morgan fingerprint density at radius 3 is 2.81 bits per heavy atom. The summed E-state index contributed by atoms with van der Waals surface area (Å²) in [6.07, 6.45) is 4.34. The molecular formula is C18H14BrN3O4. The highest BCUT2D eigenvalue weighted by atomic mass is 79.9. The van der Waals surface area contributed by atoms with Crippen molar-refractivity contribution in [3.8, 4) is 0 Å². The zero-order chi connectivity index (χ0) is 18.7. The van der Waals surface area contributed by atoms with Crippen molar-refractivity contribution in [2.24, 2.45) is 0 Å². The molecule has 3 aromatic rings. The summed E-state index contributed by atoms with van der Waals surface area (Å²) in [6.45, 7) is 1.84. The average Bonchev–Trinajstić information content (AvgIpc) is 2.62. The number of benzene rings is 1. The number of fused-ring (bicyclic) bond motifs is 1. The average molecular weight is 416 g/mol. The van der Waals surface area contributed by atoms with Crippen LogP contribution in [0.5, 0.6) is 0 Å². The Bertz CT molecular complexity index is 1060. The molecule has 1 aromatic carbocycles. The minimum absolute atomic E-state index is 0.0842. The van der Waals surface area contributed by atoms with Gasteiger partial charge in [-0.15, -0.1) is 0 Å². The van der Waals surface area contributed by atoms with Crippen LogP contribution >= 0.6 is 15.9 Å². The maximum absolute atomic E-state index is 12.5. The monoisotopic (exact) mass is 415 g/mol. The number of hydrogen-bond acceptors (Lipinski definition) is 5. The molecule has 0 bridgehead atoms. The molecule has 0 aliphatic heterocycles. The minimum Gasteiger partial charge on any atom is -0.462 e. The molecule has 2 aromatic heterocycles. The van der Waals surface area contributed by atoms with Crippen molar-refractivity contribution in [2.75, 3.05) is 11.9 Å². The van der Waals surface area contributed by atoms with Crippen LogP contribution in [0.25, 0.3) is 10.9 Å². The molecule has 0 aliphatic rings. The molecule has 3 rings (SSSR count). The van der Waals surface area contributed by atoms with Gasteiger partial charge in [-0.3, -0.25) is 14.6 Å². The summed E-state index contributed by atoms with van der Waals surface area (Å²) in [5.74, 6) is -1.05. The third-order valence-electron chi connectivity index (χ3n) is 3.60. The van der Waals surface area contributed by atoms with Gasteiger partial charge in [0.15, 0.2) is 0 Å². The Kier molecular flexibility index (Phi) is 5.13. The second-order valence-electron chi connectivity index (χ2n) is 5.36. The van der Waals surface area contributed by atoms with E-state index in [1.54, 1.807) is 31.3 Å². The van der Waals surface area contributed by atoms with Gasteiger partial charge in [0.05, 0.1) is 12.2 Å². The lowest BCUT2D eigenvalue weighted by Crippen LogP contribution is -2.18. The molecule has 0 fully saturated rings. The normalized spacial score (nSPS) is 10.5. The highest BCUT2D eigenvalue weighted by Crippen LogP contribution is 2.17. The number of hydrogen-bond donors (Lipinski definition) is 2. The van der Waals surface area contributed by atoms with Gasteiger partial charge in [0, 0.05) is 39.7 Å². The summed E-state index contributed by atoms with van der Waals surface area (Å²) < 4.78 is 5.56. The second kappa shape index (κ2) is 7.49. The van der Waals surface area contributed by atoms with Crippen molar-refractivity contribution in [3.63, 3.8) is 0 Å². The predicted octanol–water partition coefficient (Wildman–Crippen LogP) is 3.11. The number of nitrogens with one attached hydrogen (secondary N) is 2. The molecule has 132 valence electrons. The van der Waals surface area contributed by atoms with Crippen LogP contribution in [0.15, 0.2) is 52.1 Å². The largest absolute Gasteiger partial charge is 0.462 e. The molecule has 1 amide bonds. The number of aromatic nitrogens is 2. The smallest absolute Gasteiger partial charge is 0.343 e.